The molecule has 0 aliphatic carbocycles. The van der Waals surface area contributed by atoms with E-state index in [0.29, 0.717) is 39.7 Å². The zero-order valence-electron chi connectivity index (χ0n) is 18.7. The number of nitrogens with one attached hydrogen (secondary N) is 1. The van der Waals surface area contributed by atoms with Gasteiger partial charge >= 0.3 is 5.97 Å². The molecule has 8 nitrogen and oxygen atoms in total. The highest BCUT2D eigenvalue weighted by Gasteiger charge is 2.16. The molecule has 3 aromatic rings. The lowest BCUT2D eigenvalue weighted by atomic mass is 10.1. The van der Waals surface area contributed by atoms with Crippen LogP contribution in [0.3, 0.4) is 0 Å². The van der Waals surface area contributed by atoms with Crippen molar-refractivity contribution in [3.05, 3.63) is 82.9 Å². The van der Waals surface area contributed by atoms with Gasteiger partial charge in [-0.05, 0) is 61.0 Å². The number of ether oxygens (including phenoxy) is 4. The molecular formula is C25H24N2O6. The van der Waals surface area contributed by atoms with Crippen molar-refractivity contribution in [2.24, 2.45) is 5.10 Å². The monoisotopic (exact) mass is 448 g/mol. The van der Waals surface area contributed by atoms with Crippen LogP contribution in [0.15, 0.2) is 65.8 Å². The van der Waals surface area contributed by atoms with E-state index < -0.39 is 11.9 Å². The minimum atomic E-state index is -0.450. The van der Waals surface area contributed by atoms with Gasteiger partial charge in [0.15, 0.2) is 11.5 Å². The van der Waals surface area contributed by atoms with Gasteiger partial charge in [0.05, 0.1) is 33.1 Å². The van der Waals surface area contributed by atoms with Crippen molar-refractivity contribution < 1.29 is 28.5 Å². The van der Waals surface area contributed by atoms with Crippen LogP contribution in [-0.4, -0.2) is 39.4 Å². The summed E-state index contributed by atoms with van der Waals surface area (Å²) in [5.41, 5.74) is 4.98. The Bertz CT molecular complexity index is 1130. The normalized spacial score (nSPS) is 10.5. The number of nitrogens with zero attached hydrogens (tertiary/aromatic N) is 1. The summed E-state index contributed by atoms with van der Waals surface area (Å²) in [4.78, 5) is 24.7. The van der Waals surface area contributed by atoms with E-state index in [-0.39, 0.29) is 0 Å². The maximum Gasteiger partial charge on any atom is 0.343 e. The fourth-order valence-electron chi connectivity index (χ4n) is 2.92. The fraction of sp³-hybridized carbons (Fsp3) is 0.160. The van der Waals surface area contributed by atoms with Crippen molar-refractivity contribution in [3.63, 3.8) is 0 Å². The molecular weight excluding hydrogens is 424 g/mol. The summed E-state index contributed by atoms with van der Waals surface area (Å²) in [6.45, 7) is 1.95. The van der Waals surface area contributed by atoms with Crippen molar-refractivity contribution in [2.45, 2.75) is 6.92 Å². The molecule has 3 aromatic carbocycles. The molecule has 0 aliphatic rings. The summed E-state index contributed by atoms with van der Waals surface area (Å²) in [7, 11) is 4.43. The number of esters is 1. The fourth-order valence-corrected chi connectivity index (χ4v) is 2.92. The van der Waals surface area contributed by atoms with Gasteiger partial charge in [0, 0.05) is 5.56 Å². The third-order valence-corrected chi connectivity index (χ3v) is 4.68. The second-order valence-electron chi connectivity index (χ2n) is 6.94. The number of carbonyl (C=O) groups excluding carboxylic acids is 2. The summed E-state index contributed by atoms with van der Waals surface area (Å²) < 4.78 is 21.1. The van der Waals surface area contributed by atoms with E-state index >= 15 is 0 Å². The molecule has 0 saturated heterocycles. The van der Waals surface area contributed by atoms with Crippen LogP contribution in [0.5, 0.6) is 23.0 Å². The van der Waals surface area contributed by atoms with Crippen LogP contribution in [0, 0.1) is 6.92 Å². The predicted molar refractivity (Wildman–Crippen MR) is 124 cm³/mol. The molecule has 1 amide bonds. The molecule has 0 bridgehead atoms. The Balaban J connectivity index is 1.62. The van der Waals surface area contributed by atoms with E-state index in [1.165, 1.54) is 39.7 Å². The average Bonchev–Trinajstić information content (AvgIpc) is 2.84. The first-order valence-corrected chi connectivity index (χ1v) is 9.97. The van der Waals surface area contributed by atoms with E-state index in [1.807, 2.05) is 19.1 Å². The lowest BCUT2D eigenvalue weighted by Crippen LogP contribution is -2.18. The first-order valence-electron chi connectivity index (χ1n) is 9.97. The average molecular weight is 448 g/mol. The number of carbonyl (C=O) groups is 2. The minimum Gasteiger partial charge on any atom is -0.493 e. The van der Waals surface area contributed by atoms with E-state index in [0.717, 1.165) is 5.56 Å². The largest absolute Gasteiger partial charge is 0.493 e. The number of benzene rings is 3. The molecule has 0 unspecified atom stereocenters. The molecule has 3 rings (SSSR count). The SMILES string of the molecule is COc1cc(C(=O)NN=Cc2ccc(OC(=O)c3ccc(C)cc3)cc2)cc(OC)c1OC. The summed E-state index contributed by atoms with van der Waals surface area (Å²) in [6.07, 6.45) is 1.47. The van der Waals surface area contributed by atoms with E-state index in [1.54, 1.807) is 36.4 Å². The lowest BCUT2D eigenvalue weighted by molar-refractivity contribution is 0.0734. The zero-order valence-corrected chi connectivity index (χ0v) is 18.7. The van der Waals surface area contributed by atoms with Gasteiger partial charge in [0.2, 0.25) is 5.75 Å². The van der Waals surface area contributed by atoms with Gasteiger partial charge in [-0.3, -0.25) is 4.79 Å². The highest BCUT2D eigenvalue weighted by Crippen LogP contribution is 2.38. The van der Waals surface area contributed by atoms with Gasteiger partial charge in [-0.25, -0.2) is 10.2 Å². The quantitative estimate of drug-likeness (QED) is 0.242. The molecule has 0 aliphatic heterocycles. The number of hydrazone groups is 1. The second kappa shape index (κ2) is 10.8. The number of aryl methyl sites for hydroxylation is 1. The molecule has 0 atom stereocenters. The number of hydrogen-bond acceptors (Lipinski definition) is 7. The minimum absolute atomic E-state index is 0.292. The second-order valence-corrected chi connectivity index (χ2v) is 6.94. The molecule has 0 saturated carbocycles. The van der Waals surface area contributed by atoms with E-state index in [4.69, 9.17) is 18.9 Å². The molecule has 0 radical (unpaired) electrons. The van der Waals surface area contributed by atoms with Crippen molar-refractivity contribution in [3.8, 4) is 23.0 Å². The number of rotatable bonds is 8. The van der Waals surface area contributed by atoms with Crippen molar-refractivity contribution in [1.82, 2.24) is 5.43 Å². The maximum absolute atomic E-state index is 12.5. The highest BCUT2D eigenvalue weighted by atomic mass is 16.5. The van der Waals surface area contributed by atoms with E-state index in [2.05, 4.69) is 10.5 Å². The first-order chi connectivity index (χ1) is 15.9. The standard InChI is InChI=1S/C25H24N2O6/c1-16-5-9-18(10-6-16)25(29)33-20-11-7-17(8-12-20)15-26-27-24(28)19-13-21(30-2)23(32-4)22(14-19)31-3/h5-15H,1-4H3,(H,27,28). The van der Waals surface area contributed by atoms with E-state index in [9.17, 15) is 9.59 Å². The summed E-state index contributed by atoms with van der Waals surface area (Å²) >= 11 is 0. The summed E-state index contributed by atoms with van der Waals surface area (Å²) in [5.74, 6) is 0.633. The van der Waals surface area contributed by atoms with Crippen LogP contribution in [0.25, 0.3) is 0 Å². The number of hydrogen-bond donors (Lipinski definition) is 1. The van der Waals surface area contributed by atoms with Crippen LogP contribution < -0.4 is 24.4 Å². The molecule has 8 heteroatoms. The van der Waals surface area contributed by atoms with Gasteiger partial charge in [-0.2, -0.15) is 5.10 Å². The Morgan fingerprint density at radius 3 is 1.97 bits per heavy atom. The number of amides is 1. The zero-order chi connectivity index (χ0) is 23.8. The maximum atomic E-state index is 12.5. The Hall–Kier alpha value is -4.33. The van der Waals surface area contributed by atoms with Crippen LogP contribution in [0.1, 0.15) is 31.8 Å². The summed E-state index contributed by atoms with van der Waals surface area (Å²) in [6, 6.07) is 16.9. The van der Waals surface area contributed by atoms with Gasteiger partial charge in [-0.15, -0.1) is 0 Å². The van der Waals surface area contributed by atoms with Crippen LogP contribution >= 0.6 is 0 Å². The number of methoxy groups -OCH3 is 3. The smallest absolute Gasteiger partial charge is 0.343 e. The van der Waals surface area contributed by atoms with Crippen LogP contribution in [0.4, 0.5) is 0 Å². The van der Waals surface area contributed by atoms with Crippen molar-refractivity contribution in [1.29, 1.82) is 0 Å². The van der Waals surface area contributed by atoms with Gasteiger partial charge < -0.3 is 18.9 Å². The van der Waals surface area contributed by atoms with Crippen molar-refractivity contribution >= 4 is 18.1 Å². The Morgan fingerprint density at radius 2 is 1.42 bits per heavy atom. The third-order valence-electron chi connectivity index (χ3n) is 4.68. The Kier molecular flexibility index (Phi) is 7.64. The summed E-state index contributed by atoms with van der Waals surface area (Å²) in [5, 5.41) is 3.97. The molecule has 0 spiro atoms. The molecule has 0 fully saturated rings. The predicted octanol–water partition coefficient (Wildman–Crippen LogP) is 4.00. The van der Waals surface area contributed by atoms with Crippen molar-refractivity contribution in [2.75, 3.05) is 21.3 Å². The van der Waals surface area contributed by atoms with Gasteiger partial charge in [0.25, 0.3) is 5.91 Å². The lowest BCUT2D eigenvalue weighted by Gasteiger charge is -2.13. The third kappa shape index (κ3) is 5.88. The molecule has 0 aromatic heterocycles. The van der Waals surface area contributed by atoms with Crippen LogP contribution in [0.2, 0.25) is 0 Å². The molecule has 0 heterocycles. The first kappa shape index (κ1) is 23.3. The molecule has 1 N–H and O–H groups in total. The molecule has 33 heavy (non-hydrogen) atoms. The topological polar surface area (TPSA) is 95.5 Å². The molecule has 170 valence electrons. The Labute approximate surface area is 191 Å². The van der Waals surface area contributed by atoms with Gasteiger partial charge in [0.1, 0.15) is 5.75 Å². The van der Waals surface area contributed by atoms with Gasteiger partial charge in [-0.1, -0.05) is 17.7 Å². The highest BCUT2D eigenvalue weighted by molar-refractivity contribution is 5.96. The van der Waals surface area contributed by atoms with Crippen LogP contribution in [-0.2, 0) is 0 Å². The Morgan fingerprint density at radius 1 is 0.818 bits per heavy atom.